The van der Waals surface area contributed by atoms with Crippen LogP contribution in [0.1, 0.15) is 19.4 Å². The van der Waals surface area contributed by atoms with E-state index in [-0.39, 0.29) is 24.3 Å². The molecule has 0 aromatic carbocycles. The number of amides is 1. The van der Waals surface area contributed by atoms with Gasteiger partial charge in [-0.2, -0.15) is 0 Å². The first-order valence-electron chi connectivity index (χ1n) is 5.64. The van der Waals surface area contributed by atoms with Crippen molar-refractivity contribution in [2.75, 3.05) is 12.8 Å². The van der Waals surface area contributed by atoms with Crippen molar-refractivity contribution < 1.29 is 9.90 Å². The zero-order chi connectivity index (χ0) is 13.7. The summed E-state index contributed by atoms with van der Waals surface area (Å²) in [4.78, 5) is 18.3. The molecule has 1 atom stereocenters. The molecular weight excluding hydrogens is 272 g/mol. The summed E-state index contributed by atoms with van der Waals surface area (Å²) in [6.45, 7) is 3.81. The molecule has 1 unspecified atom stereocenters. The Labute approximate surface area is 115 Å². The van der Waals surface area contributed by atoms with Crippen LogP contribution in [0, 0.1) is 0 Å². The number of aliphatic hydroxyl groups excluding tert-OH is 1. The standard InChI is InChI=1S/C12H18ClN2O2S/c1-9(2)15(3)12(17)8-18(13)11-6-14-5-4-10(11)7-16/h4-6,9,16H,7-8H2,1-3H3/q+1. The molecule has 100 valence electrons. The van der Waals surface area contributed by atoms with Gasteiger partial charge in [0.25, 0.3) is 5.91 Å². The molecule has 1 N–H and O–H groups in total. The lowest BCUT2D eigenvalue weighted by atomic mass is 10.3. The van der Waals surface area contributed by atoms with Crippen LogP contribution in [-0.2, 0) is 21.5 Å². The number of carbonyl (C=O) groups is 1. The average molecular weight is 290 g/mol. The Morgan fingerprint density at radius 2 is 2.28 bits per heavy atom. The molecule has 4 nitrogen and oxygen atoms in total. The Kier molecular flexibility index (Phi) is 5.91. The van der Waals surface area contributed by atoms with Crippen molar-refractivity contribution in [3.8, 4) is 0 Å². The van der Waals surface area contributed by atoms with E-state index in [2.05, 4.69) is 4.98 Å². The average Bonchev–Trinajstić information content (AvgIpc) is 2.37. The minimum absolute atomic E-state index is 0.00363. The lowest BCUT2D eigenvalue weighted by Gasteiger charge is -2.19. The van der Waals surface area contributed by atoms with Gasteiger partial charge in [-0.05, 0) is 19.9 Å². The molecule has 1 aromatic rings. The Balaban J connectivity index is 2.76. The third-order valence-electron chi connectivity index (χ3n) is 2.70. The van der Waals surface area contributed by atoms with Crippen molar-refractivity contribution in [3.63, 3.8) is 0 Å². The monoisotopic (exact) mass is 289 g/mol. The molecule has 0 saturated carbocycles. The molecule has 1 aromatic heterocycles. The fourth-order valence-corrected chi connectivity index (χ4v) is 3.18. The van der Waals surface area contributed by atoms with Gasteiger partial charge in [-0.25, -0.2) is 0 Å². The van der Waals surface area contributed by atoms with Gasteiger partial charge in [0.05, 0.1) is 12.8 Å². The van der Waals surface area contributed by atoms with Gasteiger partial charge in [-0.15, -0.1) is 0 Å². The number of hydrogen-bond acceptors (Lipinski definition) is 3. The van der Waals surface area contributed by atoms with E-state index in [1.165, 1.54) is 0 Å². The molecule has 0 radical (unpaired) electrons. The number of aromatic nitrogens is 1. The Morgan fingerprint density at radius 3 is 2.83 bits per heavy atom. The number of rotatable bonds is 5. The van der Waals surface area contributed by atoms with Crippen LogP contribution in [0.5, 0.6) is 0 Å². The van der Waals surface area contributed by atoms with Crippen LogP contribution in [0.15, 0.2) is 23.4 Å². The van der Waals surface area contributed by atoms with Crippen LogP contribution in [0.4, 0.5) is 0 Å². The topological polar surface area (TPSA) is 53.4 Å². The van der Waals surface area contributed by atoms with Crippen LogP contribution >= 0.6 is 10.7 Å². The van der Waals surface area contributed by atoms with E-state index < -0.39 is 10.1 Å². The van der Waals surface area contributed by atoms with Crippen LogP contribution in [0.3, 0.4) is 0 Å². The number of nitrogens with zero attached hydrogens (tertiary/aromatic N) is 2. The van der Waals surface area contributed by atoms with E-state index in [9.17, 15) is 9.90 Å². The predicted molar refractivity (Wildman–Crippen MR) is 74.4 cm³/mol. The Hall–Kier alpha value is -0.780. The molecular formula is C12H18ClN2O2S+. The number of carbonyl (C=O) groups excluding carboxylic acids is 1. The number of pyridine rings is 1. The zero-order valence-electron chi connectivity index (χ0n) is 10.8. The third kappa shape index (κ3) is 3.86. The molecule has 6 heteroatoms. The number of hydrogen-bond donors (Lipinski definition) is 1. The molecule has 0 aliphatic heterocycles. The summed E-state index contributed by atoms with van der Waals surface area (Å²) in [5.41, 5.74) is 0.725. The first-order valence-corrected chi connectivity index (χ1v) is 7.86. The van der Waals surface area contributed by atoms with Gasteiger partial charge >= 0.3 is 0 Å². The van der Waals surface area contributed by atoms with E-state index in [1.807, 2.05) is 13.8 Å². The molecule has 18 heavy (non-hydrogen) atoms. The highest BCUT2D eigenvalue weighted by atomic mass is 35.7. The summed E-state index contributed by atoms with van der Waals surface area (Å²) in [5, 5.41) is 9.22. The molecule has 0 aliphatic carbocycles. The van der Waals surface area contributed by atoms with Crippen LogP contribution < -0.4 is 0 Å². The minimum atomic E-state index is -0.754. The van der Waals surface area contributed by atoms with Gasteiger partial charge in [0.2, 0.25) is 5.75 Å². The van der Waals surface area contributed by atoms with E-state index >= 15 is 0 Å². The van der Waals surface area contributed by atoms with Gasteiger partial charge in [0.15, 0.2) is 25.7 Å². The molecule has 0 spiro atoms. The first-order chi connectivity index (χ1) is 8.47. The largest absolute Gasteiger partial charge is 0.391 e. The highest BCUT2D eigenvalue weighted by Gasteiger charge is 2.29. The number of aliphatic hydroxyl groups is 1. The Bertz CT molecular complexity index is 415. The zero-order valence-corrected chi connectivity index (χ0v) is 12.3. The lowest BCUT2D eigenvalue weighted by Crippen LogP contribution is -2.36. The van der Waals surface area contributed by atoms with Crippen molar-refractivity contribution in [2.24, 2.45) is 0 Å². The fraction of sp³-hybridized carbons (Fsp3) is 0.500. The van der Waals surface area contributed by atoms with Gasteiger partial charge in [0, 0.05) is 24.8 Å². The van der Waals surface area contributed by atoms with Crippen molar-refractivity contribution in [2.45, 2.75) is 31.4 Å². The highest BCUT2D eigenvalue weighted by Crippen LogP contribution is 2.22. The molecule has 1 amide bonds. The molecule has 0 bridgehead atoms. The first kappa shape index (κ1) is 15.3. The molecule has 0 aliphatic rings. The van der Waals surface area contributed by atoms with E-state index in [4.69, 9.17) is 10.7 Å². The van der Waals surface area contributed by atoms with Crippen LogP contribution in [0.2, 0.25) is 0 Å². The maximum Gasteiger partial charge on any atom is 0.274 e. The van der Waals surface area contributed by atoms with Crippen molar-refractivity contribution >= 4 is 26.7 Å². The number of halogens is 1. The summed E-state index contributed by atoms with van der Waals surface area (Å²) in [5.74, 6) is 0.227. The molecule has 0 fully saturated rings. The predicted octanol–water partition coefficient (Wildman–Crippen LogP) is 1.57. The second-order valence-electron chi connectivity index (χ2n) is 4.21. The molecule has 1 rings (SSSR count). The fourth-order valence-electron chi connectivity index (χ4n) is 1.31. The van der Waals surface area contributed by atoms with Gasteiger partial charge < -0.3 is 10.0 Å². The van der Waals surface area contributed by atoms with Crippen molar-refractivity contribution in [3.05, 3.63) is 24.0 Å². The lowest BCUT2D eigenvalue weighted by molar-refractivity contribution is -0.128. The van der Waals surface area contributed by atoms with Gasteiger partial charge in [-0.1, -0.05) is 0 Å². The third-order valence-corrected chi connectivity index (χ3v) is 4.87. The smallest absolute Gasteiger partial charge is 0.274 e. The van der Waals surface area contributed by atoms with Crippen LogP contribution in [-0.4, -0.2) is 39.7 Å². The van der Waals surface area contributed by atoms with Crippen LogP contribution in [0.25, 0.3) is 0 Å². The second-order valence-corrected chi connectivity index (χ2v) is 6.72. The van der Waals surface area contributed by atoms with Crippen molar-refractivity contribution in [1.29, 1.82) is 0 Å². The molecule has 1 heterocycles. The quantitative estimate of drug-likeness (QED) is 0.837. The summed E-state index contributed by atoms with van der Waals surface area (Å²) >= 11 is 0. The highest BCUT2D eigenvalue weighted by molar-refractivity contribution is 8.18. The van der Waals surface area contributed by atoms with Gasteiger partial charge in [0.1, 0.15) is 0 Å². The SMILES string of the molecule is CC(C)N(C)C(=O)C[S+](Cl)c1cnccc1CO. The summed E-state index contributed by atoms with van der Waals surface area (Å²) in [6, 6.07) is 1.87. The van der Waals surface area contributed by atoms with Gasteiger partial charge in [-0.3, -0.25) is 9.78 Å². The summed E-state index contributed by atoms with van der Waals surface area (Å²) < 4.78 is 0. The van der Waals surface area contributed by atoms with E-state index in [0.717, 1.165) is 10.5 Å². The minimum Gasteiger partial charge on any atom is -0.391 e. The Morgan fingerprint density at radius 1 is 1.61 bits per heavy atom. The maximum atomic E-state index is 11.9. The van der Waals surface area contributed by atoms with E-state index in [0.29, 0.717) is 0 Å². The molecule has 0 saturated heterocycles. The second kappa shape index (κ2) is 6.97. The van der Waals surface area contributed by atoms with E-state index in [1.54, 1.807) is 30.4 Å². The van der Waals surface area contributed by atoms with Crippen molar-refractivity contribution in [1.82, 2.24) is 9.88 Å². The normalized spacial score (nSPS) is 12.6. The summed E-state index contributed by atoms with van der Waals surface area (Å²) in [6.07, 6.45) is 3.22. The maximum absolute atomic E-state index is 11.9. The summed E-state index contributed by atoms with van der Waals surface area (Å²) in [7, 11) is 7.27.